The number of nitrogens with zero attached hydrogens (tertiary/aromatic N) is 4. The lowest BCUT2D eigenvalue weighted by molar-refractivity contribution is -0.116. The van der Waals surface area contributed by atoms with E-state index >= 15 is 0 Å². The summed E-state index contributed by atoms with van der Waals surface area (Å²) in [5, 5.41) is 1.85. The lowest BCUT2D eigenvalue weighted by Crippen LogP contribution is -2.25. The largest absolute Gasteiger partial charge is 0.312 e. The molecule has 3 amide bonds. The maximum atomic E-state index is 11.8. The van der Waals surface area contributed by atoms with Crippen LogP contribution in [0.25, 0.3) is 22.9 Å². The van der Waals surface area contributed by atoms with E-state index in [9.17, 15) is 14.4 Å². The number of fused-ring (bicyclic) bond motifs is 2. The van der Waals surface area contributed by atoms with Gasteiger partial charge in [-0.15, -0.1) is 0 Å². The molecule has 1 fully saturated rings. The van der Waals surface area contributed by atoms with Crippen molar-refractivity contribution in [1.82, 2.24) is 19.9 Å². The number of thioether (sulfide) groups is 1. The van der Waals surface area contributed by atoms with Gasteiger partial charge < -0.3 is 4.90 Å². The second kappa shape index (κ2) is 6.56. The van der Waals surface area contributed by atoms with Crippen LogP contribution in [0.1, 0.15) is 18.2 Å². The van der Waals surface area contributed by atoms with Crippen molar-refractivity contribution in [2.24, 2.45) is 0 Å². The number of imidazole rings is 1. The molecule has 1 saturated heterocycles. The second-order valence-corrected chi connectivity index (χ2v) is 7.79. The number of nitrogens with one attached hydrogen (secondary N) is 1. The fourth-order valence-electron chi connectivity index (χ4n) is 3.60. The molecule has 0 spiro atoms. The Bertz CT molecular complexity index is 1250. The molecular formula is C20H15N5O3S. The molecule has 0 saturated carbocycles. The third kappa shape index (κ3) is 2.99. The molecule has 8 nitrogen and oxygen atoms in total. The first-order valence-corrected chi connectivity index (χ1v) is 9.81. The third-order valence-corrected chi connectivity index (χ3v) is 5.77. The van der Waals surface area contributed by atoms with Gasteiger partial charge in [-0.3, -0.25) is 24.3 Å². The van der Waals surface area contributed by atoms with Crippen LogP contribution in [-0.4, -0.2) is 38.1 Å². The molecule has 2 aliphatic rings. The van der Waals surface area contributed by atoms with E-state index in [1.807, 2.05) is 28.8 Å². The lowest BCUT2D eigenvalue weighted by atomic mass is 10.1. The van der Waals surface area contributed by atoms with E-state index in [2.05, 4.69) is 15.3 Å². The number of benzene rings is 1. The van der Waals surface area contributed by atoms with Crippen LogP contribution in [0.2, 0.25) is 0 Å². The average molecular weight is 405 g/mol. The van der Waals surface area contributed by atoms with Gasteiger partial charge in [0, 0.05) is 24.8 Å². The van der Waals surface area contributed by atoms with Crippen molar-refractivity contribution in [3.63, 3.8) is 0 Å². The number of carbonyl (C=O) groups excluding carboxylic acids is 3. The highest BCUT2D eigenvalue weighted by Crippen LogP contribution is 2.31. The molecule has 29 heavy (non-hydrogen) atoms. The quantitative estimate of drug-likeness (QED) is 0.659. The first kappa shape index (κ1) is 17.6. The van der Waals surface area contributed by atoms with Crippen LogP contribution >= 0.6 is 11.8 Å². The smallest absolute Gasteiger partial charge is 0.290 e. The van der Waals surface area contributed by atoms with E-state index in [0.29, 0.717) is 22.8 Å². The van der Waals surface area contributed by atoms with E-state index in [1.54, 1.807) is 30.3 Å². The summed E-state index contributed by atoms with van der Waals surface area (Å²) < 4.78 is 1.88. The molecule has 0 radical (unpaired) electrons. The molecule has 0 unspecified atom stereocenters. The van der Waals surface area contributed by atoms with Crippen molar-refractivity contribution in [3.05, 3.63) is 52.8 Å². The highest BCUT2D eigenvalue weighted by Gasteiger charge is 2.25. The standard InChI is InChI=1S/C20H15N5O3S/c1-11(26)24-7-6-12-8-14(3-5-16(12)24)25-10-21-15-4-2-13(22-18(15)25)9-17-19(27)23-20(28)29-17/h2-5,8-10H,6-7H2,1H3,(H,23,27,28)/b17-9+. The highest BCUT2D eigenvalue weighted by molar-refractivity contribution is 8.18. The van der Waals surface area contributed by atoms with Crippen molar-refractivity contribution < 1.29 is 14.4 Å². The number of rotatable bonds is 2. The minimum atomic E-state index is -0.413. The van der Waals surface area contributed by atoms with Crippen LogP contribution in [0, 0.1) is 0 Å². The molecule has 2 aliphatic heterocycles. The van der Waals surface area contributed by atoms with Crippen LogP contribution in [0.15, 0.2) is 41.6 Å². The first-order chi connectivity index (χ1) is 14.0. The molecule has 2 aromatic heterocycles. The molecule has 1 aromatic carbocycles. The predicted molar refractivity (Wildman–Crippen MR) is 110 cm³/mol. The summed E-state index contributed by atoms with van der Waals surface area (Å²) in [6.45, 7) is 2.26. The van der Waals surface area contributed by atoms with E-state index in [1.165, 1.54) is 0 Å². The SMILES string of the molecule is CC(=O)N1CCc2cc(-n3cnc4ccc(/C=C5/SC(=O)NC5=O)nc43)ccc21. The van der Waals surface area contributed by atoms with Gasteiger partial charge in [-0.05, 0) is 60.2 Å². The highest BCUT2D eigenvalue weighted by atomic mass is 32.2. The van der Waals surface area contributed by atoms with E-state index < -0.39 is 5.91 Å². The summed E-state index contributed by atoms with van der Waals surface area (Å²) in [6, 6.07) is 9.52. The Balaban J connectivity index is 1.55. The fraction of sp³-hybridized carbons (Fsp3) is 0.150. The van der Waals surface area contributed by atoms with Gasteiger partial charge in [-0.1, -0.05) is 0 Å². The number of hydrogen-bond donors (Lipinski definition) is 1. The van der Waals surface area contributed by atoms with Gasteiger partial charge in [0.2, 0.25) is 5.91 Å². The molecule has 5 rings (SSSR count). The molecule has 1 N–H and O–H groups in total. The maximum absolute atomic E-state index is 11.8. The van der Waals surface area contributed by atoms with E-state index in [-0.39, 0.29) is 11.1 Å². The normalized spacial score (nSPS) is 17.3. The minimum Gasteiger partial charge on any atom is -0.312 e. The zero-order valence-corrected chi connectivity index (χ0v) is 16.2. The minimum absolute atomic E-state index is 0.0382. The van der Waals surface area contributed by atoms with Crippen LogP contribution in [0.5, 0.6) is 0 Å². The van der Waals surface area contributed by atoms with Crippen molar-refractivity contribution in [2.75, 3.05) is 11.4 Å². The molecule has 0 bridgehead atoms. The Morgan fingerprint density at radius 1 is 1.24 bits per heavy atom. The number of carbonyl (C=O) groups is 3. The van der Waals surface area contributed by atoms with Crippen molar-refractivity contribution in [2.45, 2.75) is 13.3 Å². The van der Waals surface area contributed by atoms with Crippen molar-refractivity contribution in [3.8, 4) is 5.69 Å². The van der Waals surface area contributed by atoms with E-state index in [4.69, 9.17) is 0 Å². The predicted octanol–water partition coefficient (Wildman–Crippen LogP) is 2.65. The molecular weight excluding hydrogens is 390 g/mol. The summed E-state index contributed by atoms with van der Waals surface area (Å²) in [6.07, 6.45) is 4.10. The van der Waals surface area contributed by atoms with Crippen molar-refractivity contribution >= 4 is 51.7 Å². The summed E-state index contributed by atoms with van der Waals surface area (Å²) >= 11 is 0.859. The van der Waals surface area contributed by atoms with Crippen molar-refractivity contribution in [1.29, 1.82) is 0 Å². The average Bonchev–Trinajstić information content (AvgIpc) is 3.38. The summed E-state index contributed by atoms with van der Waals surface area (Å²) in [5.41, 5.74) is 4.88. The van der Waals surface area contributed by atoms with E-state index in [0.717, 1.165) is 40.6 Å². The number of imide groups is 1. The molecule has 0 aliphatic carbocycles. The molecule has 4 heterocycles. The van der Waals surface area contributed by atoms with Gasteiger partial charge >= 0.3 is 0 Å². The van der Waals surface area contributed by atoms with Crippen LogP contribution in [0.3, 0.4) is 0 Å². The van der Waals surface area contributed by atoms with Gasteiger partial charge in [0.05, 0.1) is 10.6 Å². The van der Waals surface area contributed by atoms with Gasteiger partial charge in [-0.2, -0.15) is 0 Å². The Morgan fingerprint density at radius 2 is 2.10 bits per heavy atom. The Morgan fingerprint density at radius 3 is 2.86 bits per heavy atom. The summed E-state index contributed by atoms with van der Waals surface area (Å²) in [5.74, 6) is -0.375. The second-order valence-electron chi connectivity index (χ2n) is 6.78. The Hall–Kier alpha value is -3.46. The number of amides is 3. The van der Waals surface area contributed by atoms with Gasteiger partial charge in [0.15, 0.2) is 5.65 Å². The zero-order valence-electron chi connectivity index (χ0n) is 15.4. The number of anilines is 1. The van der Waals surface area contributed by atoms with Crippen LogP contribution in [-0.2, 0) is 16.0 Å². The monoisotopic (exact) mass is 405 g/mol. The molecule has 144 valence electrons. The Kier molecular flexibility index (Phi) is 3.99. The first-order valence-electron chi connectivity index (χ1n) is 9.00. The van der Waals surface area contributed by atoms with Gasteiger partial charge in [-0.25, -0.2) is 9.97 Å². The fourth-order valence-corrected chi connectivity index (χ4v) is 4.27. The lowest BCUT2D eigenvalue weighted by Gasteiger charge is -2.15. The molecule has 0 atom stereocenters. The summed E-state index contributed by atoms with van der Waals surface area (Å²) in [7, 11) is 0. The number of pyridine rings is 1. The maximum Gasteiger partial charge on any atom is 0.290 e. The van der Waals surface area contributed by atoms with Gasteiger partial charge in [0.1, 0.15) is 11.8 Å². The van der Waals surface area contributed by atoms with Gasteiger partial charge in [0.25, 0.3) is 11.1 Å². The number of hydrogen-bond acceptors (Lipinski definition) is 6. The number of aromatic nitrogens is 3. The zero-order chi connectivity index (χ0) is 20.1. The molecule has 3 aromatic rings. The Labute approximate surface area is 169 Å². The molecule has 9 heteroatoms. The van der Waals surface area contributed by atoms with Crippen LogP contribution < -0.4 is 10.2 Å². The third-order valence-electron chi connectivity index (χ3n) is 4.95. The summed E-state index contributed by atoms with van der Waals surface area (Å²) in [4.78, 5) is 46.0. The topological polar surface area (TPSA) is 97.2 Å². The van der Waals surface area contributed by atoms with Crippen LogP contribution in [0.4, 0.5) is 10.5 Å².